The van der Waals surface area contributed by atoms with Crippen LogP contribution in [0.2, 0.25) is 0 Å². The van der Waals surface area contributed by atoms with E-state index in [4.69, 9.17) is 0 Å². The Kier molecular flexibility index (Phi) is 4.69. The first-order valence-electron chi connectivity index (χ1n) is 5.42. The van der Waals surface area contributed by atoms with E-state index in [9.17, 15) is 4.39 Å². The molecule has 0 aliphatic carbocycles. The highest BCUT2D eigenvalue weighted by Gasteiger charge is 2.15. The molecule has 1 heterocycles. The number of nitrogens with one attached hydrogen (secondary N) is 1. The lowest BCUT2D eigenvalue weighted by Gasteiger charge is -2.17. The van der Waals surface area contributed by atoms with Crippen molar-refractivity contribution < 1.29 is 4.39 Å². The van der Waals surface area contributed by atoms with Crippen LogP contribution in [0.3, 0.4) is 0 Å². The van der Waals surface area contributed by atoms with E-state index in [0.29, 0.717) is 11.6 Å². The summed E-state index contributed by atoms with van der Waals surface area (Å²) in [5, 5.41) is 3.11. The summed E-state index contributed by atoms with van der Waals surface area (Å²) in [7, 11) is 1.85. The quantitative estimate of drug-likeness (QED) is 0.808. The first-order valence-corrected chi connectivity index (χ1v) is 5.42. The van der Waals surface area contributed by atoms with Gasteiger partial charge in [0.2, 0.25) is 0 Å². The van der Waals surface area contributed by atoms with Gasteiger partial charge in [0.15, 0.2) is 0 Å². The third-order valence-corrected chi connectivity index (χ3v) is 2.50. The van der Waals surface area contributed by atoms with Gasteiger partial charge in [-0.3, -0.25) is 4.98 Å². The maximum absolute atomic E-state index is 13.4. The highest BCUT2D eigenvalue weighted by atomic mass is 19.1. The van der Waals surface area contributed by atoms with Crippen molar-refractivity contribution in [1.82, 2.24) is 10.3 Å². The second-order valence-corrected chi connectivity index (χ2v) is 4.18. The van der Waals surface area contributed by atoms with Gasteiger partial charge < -0.3 is 5.32 Å². The topological polar surface area (TPSA) is 24.9 Å². The Labute approximate surface area is 90.9 Å². The van der Waals surface area contributed by atoms with Crippen LogP contribution in [-0.2, 0) is 0 Å². The number of pyridine rings is 1. The van der Waals surface area contributed by atoms with Crippen LogP contribution in [0.25, 0.3) is 0 Å². The summed E-state index contributed by atoms with van der Waals surface area (Å²) in [5.74, 6) is 0.410. The first kappa shape index (κ1) is 12.1. The third-order valence-electron chi connectivity index (χ3n) is 2.50. The number of halogens is 1. The molecular formula is C12H19FN2. The molecule has 1 unspecified atom stereocenters. The van der Waals surface area contributed by atoms with E-state index in [-0.39, 0.29) is 11.9 Å². The van der Waals surface area contributed by atoms with Gasteiger partial charge in [0.05, 0.1) is 11.7 Å². The Morgan fingerprint density at radius 1 is 1.40 bits per heavy atom. The lowest BCUT2D eigenvalue weighted by atomic mass is 10.0. The molecule has 0 aliphatic heterocycles. The Bertz CT molecular complexity index is 299. The minimum Gasteiger partial charge on any atom is -0.312 e. The SMILES string of the molecule is CNC(CCC(C)C)c1ncccc1F. The van der Waals surface area contributed by atoms with Crippen LogP contribution in [0, 0.1) is 11.7 Å². The summed E-state index contributed by atoms with van der Waals surface area (Å²) in [5.41, 5.74) is 0.528. The van der Waals surface area contributed by atoms with E-state index in [1.807, 2.05) is 7.05 Å². The molecule has 1 aromatic rings. The fourth-order valence-electron chi connectivity index (χ4n) is 1.57. The van der Waals surface area contributed by atoms with Crippen molar-refractivity contribution >= 4 is 0 Å². The van der Waals surface area contributed by atoms with Crippen molar-refractivity contribution in [3.63, 3.8) is 0 Å². The van der Waals surface area contributed by atoms with Gasteiger partial charge in [0, 0.05) is 6.20 Å². The summed E-state index contributed by atoms with van der Waals surface area (Å²) in [6.45, 7) is 4.34. The second kappa shape index (κ2) is 5.81. The number of hydrogen-bond donors (Lipinski definition) is 1. The van der Waals surface area contributed by atoms with Crippen molar-refractivity contribution in [1.29, 1.82) is 0 Å². The summed E-state index contributed by atoms with van der Waals surface area (Å²) in [4.78, 5) is 4.09. The highest BCUT2D eigenvalue weighted by Crippen LogP contribution is 2.20. The molecule has 0 saturated carbocycles. The molecular weight excluding hydrogens is 191 g/mol. The molecule has 1 aromatic heterocycles. The van der Waals surface area contributed by atoms with Gasteiger partial charge in [-0.15, -0.1) is 0 Å². The van der Waals surface area contributed by atoms with Gasteiger partial charge >= 0.3 is 0 Å². The molecule has 0 amide bonds. The summed E-state index contributed by atoms with van der Waals surface area (Å²) < 4.78 is 13.4. The highest BCUT2D eigenvalue weighted by molar-refractivity contribution is 5.11. The summed E-state index contributed by atoms with van der Waals surface area (Å²) in [6.07, 6.45) is 3.63. The molecule has 0 spiro atoms. The minimum absolute atomic E-state index is 0.0219. The monoisotopic (exact) mass is 210 g/mol. The van der Waals surface area contributed by atoms with Crippen molar-refractivity contribution in [2.24, 2.45) is 5.92 Å². The second-order valence-electron chi connectivity index (χ2n) is 4.18. The van der Waals surface area contributed by atoms with Crippen LogP contribution in [0.5, 0.6) is 0 Å². The van der Waals surface area contributed by atoms with Crippen LogP contribution < -0.4 is 5.32 Å². The molecule has 1 atom stereocenters. The lowest BCUT2D eigenvalue weighted by Crippen LogP contribution is -2.19. The van der Waals surface area contributed by atoms with Crippen LogP contribution in [0.15, 0.2) is 18.3 Å². The molecule has 0 aliphatic rings. The fraction of sp³-hybridized carbons (Fsp3) is 0.583. The largest absolute Gasteiger partial charge is 0.312 e. The normalized spacial score (nSPS) is 13.1. The Morgan fingerprint density at radius 2 is 2.13 bits per heavy atom. The van der Waals surface area contributed by atoms with Crippen molar-refractivity contribution in [3.05, 3.63) is 29.8 Å². The average molecular weight is 210 g/mol. The minimum atomic E-state index is -0.222. The fourth-order valence-corrected chi connectivity index (χ4v) is 1.57. The molecule has 3 heteroatoms. The van der Waals surface area contributed by atoms with Crippen molar-refractivity contribution in [2.45, 2.75) is 32.7 Å². The number of nitrogens with zero attached hydrogens (tertiary/aromatic N) is 1. The Morgan fingerprint density at radius 3 is 2.67 bits per heavy atom. The van der Waals surface area contributed by atoms with Crippen LogP contribution in [-0.4, -0.2) is 12.0 Å². The van der Waals surface area contributed by atoms with E-state index in [1.165, 1.54) is 6.07 Å². The molecule has 0 fully saturated rings. The van der Waals surface area contributed by atoms with E-state index in [2.05, 4.69) is 24.1 Å². The zero-order valence-electron chi connectivity index (χ0n) is 9.63. The maximum atomic E-state index is 13.4. The van der Waals surface area contributed by atoms with E-state index in [1.54, 1.807) is 12.3 Å². The number of hydrogen-bond acceptors (Lipinski definition) is 2. The molecule has 1 rings (SSSR count). The number of aromatic nitrogens is 1. The Hall–Kier alpha value is -0.960. The molecule has 0 saturated heterocycles. The van der Waals surface area contributed by atoms with Crippen LogP contribution in [0.4, 0.5) is 4.39 Å². The number of rotatable bonds is 5. The maximum Gasteiger partial charge on any atom is 0.146 e. The molecule has 1 N–H and O–H groups in total. The zero-order valence-corrected chi connectivity index (χ0v) is 9.63. The zero-order chi connectivity index (χ0) is 11.3. The summed E-state index contributed by atoms with van der Waals surface area (Å²) >= 11 is 0. The molecule has 2 nitrogen and oxygen atoms in total. The Balaban J connectivity index is 2.70. The molecule has 0 bridgehead atoms. The molecule has 0 aromatic carbocycles. The van der Waals surface area contributed by atoms with E-state index >= 15 is 0 Å². The molecule has 0 radical (unpaired) electrons. The van der Waals surface area contributed by atoms with Crippen LogP contribution >= 0.6 is 0 Å². The predicted molar refractivity (Wildman–Crippen MR) is 60.1 cm³/mol. The smallest absolute Gasteiger partial charge is 0.146 e. The third kappa shape index (κ3) is 3.59. The standard InChI is InChI=1S/C12H19FN2/c1-9(2)6-7-11(14-3)12-10(13)5-4-8-15-12/h4-5,8-9,11,14H,6-7H2,1-3H3. The summed E-state index contributed by atoms with van der Waals surface area (Å²) in [6, 6.07) is 3.10. The van der Waals surface area contributed by atoms with Crippen LogP contribution in [0.1, 0.15) is 38.4 Å². The van der Waals surface area contributed by atoms with Gasteiger partial charge in [0.25, 0.3) is 0 Å². The van der Waals surface area contributed by atoms with Gasteiger partial charge in [-0.05, 0) is 37.9 Å². The molecule has 15 heavy (non-hydrogen) atoms. The van der Waals surface area contributed by atoms with Crippen molar-refractivity contribution in [2.75, 3.05) is 7.05 Å². The van der Waals surface area contributed by atoms with Gasteiger partial charge in [-0.2, -0.15) is 0 Å². The van der Waals surface area contributed by atoms with Gasteiger partial charge in [0.1, 0.15) is 5.82 Å². The molecule has 84 valence electrons. The van der Waals surface area contributed by atoms with Gasteiger partial charge in [-0.25, -0.2) is 4.39 Å². The average Bonchev–Trinajstić information content (AvgIpc) is 2.21. The van der Waals surface area contributed by atoms with E-state index in [0.717, 1.165) is 12.8 Å². The lowest BCUT2D eigenvalue weighted by molar-refractivity contribution is 0.440. The predicted octanol–water partition coefficient (Wildman–Crippen LogP) is 2.92. The first-order chi connectivity index (χ1) is 7.15. The van der Waals surface area contributed by atoms with E-state index < -0.39 is 0 Å². The van der Waals surface area contributed by atoms with Gasteiger partial charge in [-0.1, -0.05) is 13.8 Å². The van der Waals surface area contributed by atoms with Crippen molar-refractivity contribution in [3.8, 4) is 0 Å².